The molecule has 250 valence electrons. The Hall–Kier alpha value is -5.64. The third-order valence-corrected chi connectivity index (χ3v) is 9.45. The molecular weight excluding hydrogens is 618 g/mol. The van der Waals surface area contributed by atoms with Gasteiger partial charge in [-0.2, -0.15) is 0 Å². The number of hydrogen-bond acceptors (Lipinski definition) is 6. The standard InChI is InChI=1S/C39H39N5O5/c1-38(2)21-33(46)42-30-18-22(17-27(34(30)43-38)23-14-15-28-31(19-23)44(5)37(48)39(28,3)4)16-25-20-32(45)41-29-13-9-12-26(35(29)49-25)36(47)40-24-10-7-6-8-11-24/h6-15,17-19,25,43H,16,20-21H2,1-5H3,(H,40,47)(H,41,45)(H,42,46). The van der Waals surface area contributed by atoms with E-state index < -0.39 is 17.1 Å². The van der Waals surface area contributed by atoms with Crippen LogP contribution >= 0.6 is 0 Å². The number of benzene rings is 4. The van der Waals surface area contributed by atoms with Gasteiger partial charge in [-0.05, 0) is 86.8 Å². The summed E-state index contributed by atoms with van der Waals surface area (Å²) < 4.78 is 6.51. The van der Waals surface area contributed by atoms with Crippen LogP contribution in [0.2, 0.25) is 0 Å². The minimum atomic E-state index is -0.639. The average Bonchev–Trinajstić information content (AvgIpc) is 3.17. The Morgan fingerprint density at radius 2 is 1.65 bits per heavy atom. The Labute approximate surface area is 285 Å². The third-order valence-electron chi connectivity index (χ3n) is 9.45. The van der Waals surface area contributed by atoms with Gasteiger partial charge in [0.15, 0.2) is 5.75 Å². The summed E-state index contributed by atoms with van der Waals surface area (Å²) in [7, 11) is 1.79. The van der Waals surface area contributed by atoms with Gasteiger partial charge in [-0.15, -0.1) is 0 Å². The molecule has 4 aromatic rings. The second-order valence-electron chi connectivity index (χ2n) is 14.2. The van der Waals surface area contributed by atoms with E-state index in [9.17, 15) is 19.2 Å². The fourth-order valence-electron chi connectivity index (χ4n) is 7.06. The lowest BCUT2D eigenvalue weighted by atomic mass is 9.85. The first-order chi connectivity index (χ1) is 23.3. The fraction of sp³-hybridized carbons (Fsp3) is 0.282. The minimum absolute atomic E-state index is 0.0274. The molecule has 0 saturated carbocycles. The Balaban J connectivity index is 1.27. The molecular formula is C39H39N5O5. The van der Waals surface area contributed by atoms with Crippen molar-refractivity contribution in [1.82, 2.24) is 0 Å². The molecule has 1 unspecified atom stereocenters. The zero-order chi connectivity index (χ0) is 34.7. The first kappa shape index (κ1) is 31.9. The van der Waals surface area contributed by atoms with Crippen molar-refractivity contribution < 1.29 is 23.9 Å². The van der Waals surface area contributed by atoms with Gasteiger partial charge in [0.2, 0.25) is 17.7 Å². The summed E-state index contributed by atoms with van der Waals surface area (Å²) in [5.41, 5.74) is 5.93. The summed E-state index contributed by atoms with van der Waals surface area (Å²) in [6.07, 6.45) is 0.0209. The predicted molar refractivity (Wildman–Crippen MR) is 191 cm³/mol. The number of carbonyl (C=O) groups excluding carboxylic acids is 4. The van der Waals surface area contributed by atoms with E-state index in [1.165, 1.54) is 0 Å². The van der Waals surface area contributed by atoms with E-state index in [0.29, 0.717) is 34.8 Å². The lowest BCUT2D eigenvalue weighted by Crippen LogP contribution is -2.33. The molecule has 0 bridgehead atoms. The zero-order valence-corrected chi connectivity index (χ0v) is 28.2. The van der Waals surface area contributed by atoms with E-state index in [0.717, 1.165) is 33.6 Å². The highest BCUT2D eigenvalue weighted by Crippen LogP contribution is 2.46. The van der Waals surface area contributed by atoms with Gasteiger partial charge >= 0.3 is 0 Å². The number of carbonyl (C=O) groups is 4. The number of amides is 4. The van der Waals surface area contributed by atoms with Gasteiger partial charge in [-0.25, -0.2) is 0 Å². The molecule has 4 N–H and O–H groups in total. The van der Waals surface area contributed by atoms with Crippen LogP contribution in [0.15, 0.2) is 78.9 Å². The van der Waals surface area contributed by atoms with Crippen LogP contribution in [0.4, 0.5) is 28.4 Å². The quantitative estimate of drug-likeness (QED) is 0.189. The van der Waals surface area contributed by atoms with Gasteiger partial charge in [0.1, 0.15) is 6.10 Å². The molecule has 10 nitrogen and oxygen atoms in total. The largest absolute Gasteiger partial charge is 0.487 e. The van der Waals surface area contributed by atoms with Crippen molar-refractivity contribution in [3.05, 3.63) is 95.6 Å². The maximum Gasteiger partial charge on any atom is 0.259 e. The highest BCUT2D eigenvalue weighted by Gasteiger charge is 2.42. The Kier molecular flexibility index (Phi) is 7.69. The number of rotatable bonds is 5. The Bertz CT molecular complexity index is 2040. The predicted octanol–water partition coefficient (Wildman–Crippen LogP) is 6.72. The number of hydrogen-bond donors (Lipinski definition) is 4. The van der Waals surface area contributed by atoms with E-state index in [1.807, 2.05) is 76.2 Å². The molecule has 0 spiro atoms. The first-order valence-corrected chi connectivity index (χ1v) is 16.4. The summed E-state index contributed by atoms with van der Waals surface area (Å²) in [5, 5.41) is 12.5. The number of likely N-dealkylation sites (N-methyl/N-ethyl adjacent to an activating group) is 1. The number of anilines is 5. The van der Waals surface area contributed by atoms with Crippen molar-refractivity contribution in [2.24, 2.45) is 0 Å². The van der Waals surface area contributed by atoms with Crippen molar-refractivity contribution in [3.8, 4) is 16.9 Å². The lowest BCUT2D eigenvalue weighted by Gasteiger charge is -2.27. The summed E-state index contributed by atoms with van der Waals surface area (Å²) in [6.45, 7) is 7.83. The van der Waals surface area contributed by atoms with E-state index in [2.05, 4.69) is 21.3 Å². The minimum Gasteiger partial charge on any atom is -0.487 e. The van der Waals surface area contributed by atoms with E-state index >= 15 is 0 Å². The van der Waals surface area contributed by atoms with E-state index in [-0.39, 0.29) is 36.5 Å². The molecule has 1 atom stereocenters. The second-order valence-corrected chi connectivity index (χ2v) is 14.2. The molecule has 10 heteroatoms. The van der Waals surface area contributed by atoms with Crippen molar-refractivity contribution >= 4 is 52.1 Å². The van der Waals surface area contributed by atoms with Crippen LogP contribution in [0.3, 0.4) is 0 Å². The molecule has 0 fully saturated rings. The fourth-order valence-corrected chi connectivity index (χ4v) is 7.06. The first-order valence-electron chi connectivity index (χ1n) is 16.4. The highest BCUT2D eigenvalue weighted by atomic mass is 16.5. The molecule has 0 radical (unpaired) electrons. The van der Waals surface area contributed by atoms with Crippen molar-refractivity contribution in [2.75, 3.05) is 33.2 Å². The van der Waals surface area contributed by atoms with Gasteiger partial charge in [-0.1, -0.05) is 36.4 Å². The van der Waals surface area contributed by atoms with Crippen LogP contribution in [-0.4, -0.2) is 42.3 Å². The Morgan fingerprint density at radius 3 is 2.43 bits per heavy atom. The summed E-state index contributed by atoms with van der Waals surface area (Å²) >= 11 is 0. The Morgan fingerprint density at radius 1 is 0.898 bits per heavy atom. The molecule has 4 aromatic carbocycles. The third kappa shape index (κ3) is 5.99. The topological polar surface area (TPSA) is 129 Å². The maximum absolute atomic E-state index is 13.4. The van der Waals surface area contributed by atoms with E-state index in [1.54, 1.807) is 42.3 Å². The lowest BCUT2D eigenvalue weighted by molar-refractivity contribution is -0.122. The van der Waals surface area contributed by atoms with Gasteiger partial charge in [0.25, 0.3) is 5.91 Å². The highest BCUT2D eigenvalue weighted by molar-refractivity contribution is 6.09. The monoisotopic (exact) mass is 657 g/mol. The summed E-state index contributed by atoms with van der Waals surface area (Å²) in [6, 6.07) is 24.2. The molecule has 3 aliphatic rings. The number of fused-ring (bicyclic) bond motifs is 3. The van der Waals surface area contributed by atoms with Crippen LogP contribution in [0.1, 0.15) is 62.0 Å². The van der Waals surface area contributed by atoms with Crippen LogP contribution in [0.5, 0.6) is 5.75 Å². The van der Waals surface area contributed by atoms with Gasteiger partial charge in [-0.3, -0.25) is 19.2 Å². The molecule has 0 saturated heterocycles. The van der Waals surface area contributed by atoms with Gasteiger partial charge < -0.3 is 30.9 Å². The summed E-state index contributed by atoms with van der Waals surface area (Å²) in [5.74, 6) is -0.379. The molecule has 7 rings (SSSR count). The normalized spacial score (nSPS) is 18.8. The number of nitrogens with zero attached hydrogens (tertiary/aromatic N) is 1. The van der Waals surface area contributed by atoms with Gasteiger partial charge in [0.05, 0.1) is 34.5 Å². The molecule has 3 aliphatic heterocycles. The average molecular weight is 658 g/mol. The van der Waals surface area contributed by atoms with Crippen LogP contribution in [0.25, 0.3) is 11.1 Å². The molecule has 49 heavy (non-hydrogen) atoms. The van der Waals surface area contributed by atoms with Crippen molar-refractivity contribution in [2.45, 2.75) is 64.0 Å². The SMILES string of the molecule is CN1C(=O)C(C)(C)c2ccc(-c3cc(CC4CC(=O)Nc5cccc(C(=O)Nc6ccccc6)c5O4)cc4c3NC(C)(C)CC(=O)N4)cc21. The molecule has 0 aromatic heterocycles. The van der Waals surface area contributed by atoms with Crippen molar-refractivity contribution in [3.63, 3.8) is 0 Å². The maximum atomic E-state index is 13.4. The zero-order valence-electron chi connectivity index (χ0n) is 28.2. The van der Waals surface area contributed by atoms with Gasteiger partial charge in [0, 0.05) is 42.4 Å². The summed E-state index contributed by atoms with van der Waals surface area (Å²) in [4.78, 5) is 54.4. The van der Waals surface area contributed by atoms with E-state index in [4.69, 9.17) is 4.74 Å². The number of ether oxygens (including phenoxy) is 1. The molecule has 0 aliphatic carbocycles. The molecule has 3 heterocycles. The number of nitrogens with one attached hydrogen (secondary N) is 4. The smallest absolute Gasteiger partial charge is 0.259 e. The number of para-hydroxylation sites is 2. The van der Waals surface area contributed by atoms with Crippen LogP contribution < -0.4 is 30.9 Å². The van der Waals surface area contributed by atoms with Crippen LogP contribution in [0, 0.1) is 0 Å². The second kappa shape index (κ2) is 11.8. The van der Waals surface area contributed by atoms with Crippen LogP contribution in [-0.2, 0) is 26.2 Å². The molecule has 4 amide bonds. The van der Waals surface area contributed by atoms with Crippen molar-refractivity contribution in [1.29, 1.82) is 0 Å².